The number of hydrogen-bond acceptors (Lipinski definition) is 5. The SMILES string of the molecule is CC1CN(S(C)(=O)=O)CCC1NC(=O)c1cc2cc[nH]c(=O)c2s1. The molecule has 2 N–H and O–H groups in total. The van der Waals surface area contributed by atoms with Crippen molar-refractivity contribution in [2.75, 3.05) is 19.3 Å². The second-order valence-electron chi connectivity index (χ2n) is 6.17. The maximum absolute atomic E-state index is 12.5. The molecule has 2 aromatic heterocycles. The number of hydrogen-bond donors (Lipinski definition) is 2. The number of H-pyrrole nitrogens is 1. The molecule has 0 aliphatic carbocycles. The van der Waals surface area contributed by atoms with Crippen LogP contribution < -0.4 is 10.9 Å². The molecule has 130 valence electrons. The van der Waals surface area contributed by atoms with Crippen molar-refractivity contribution in [1.29, 1.82) is 0 Å². The molecule has 1 aliphatic rings. The highest BCUT2D eigenvalue weighted by molar-refractivity contribution is 7.88. The van der Waals surface area contributed by atoms with Gasteiger partial charge in [-0.15, -0.1) is 11.3 Å². The van der Waals surface area contributed by atoms with Gasteiger partial charge in [0.05, 0.1) is 11.1 Å². The number of nitrogens with one attached hydrogen (secondary N) is 2. The number of sulfonamides is 1. The van der Waals surface area contributed by atoms with Gasteiger partial charge in [0.15, 0.2) is 0 Å². The summed E-state index contributed by atoms with van der Waals surface area (Å²) >= 11 is 1.16. The molecule has 2 unspecified atom stereocenters. The molecule has 7 nitrogen and oxygen atoms in total. The number of carbonyl (C=O) groups excluding carboxylic acids is 1. The van der Waals surface area contributed by atoms with Crippen molar-refractivity contribution < 1.29 is 13.2 Å². The summed E-state index contributed by atoms with van der Waals surface area (Å²) in [6.45, 7) is 2.73. The van der Waals surface area contributed by atoms with Gasteiger partial charge in [0.25, 0.3) is 11.5 Å². The van der Waals surface area contributed by atoms with Crippen LogP contribution in [0.3, 0.4) is 0 Å². The molecule has 9 heteroatoms. The third-order valence-electron chi connectivity index (χ3n) is 4.32. The van der Waals surface area contributed by atoms with E-state index in [1.165, 1.54) is 10.6 Å². The van der Waals surface area contributed by atoms with Crippen LogP contribution in [0.5, 0.6) is 0 Å². The first kappa shape index (κ1) is 17.1. The maximum Gasteiger partial charge on any atom is 0.265 e. The van der Waals surface area contributed by atoms with Crippen LogP contribution in [0.1, 0.15) is 23.0 Å². The molecule has 3 heterocycles. The zero-order valence-corrected chi connectivity index (χ0v) is 15.0. The molecule has 2 atom stereocenters. The van der Waals surface area contributed by atoms with Crippen molar-refractivity contribution in [3.63, 3.8) is 0 Å². The van der Waals surface area contributed by atoms with E-state index in [9.17, 15) is 18.0 Å². The van der Waals surface area contributed by atoms with E-state index in [0.29, 0.717) is 29.1 Å². The molecule has 1 fully saturated rings. The van der Waals surface area contributed by atoms with Gasteiger partial charge in [-0.1, -0.05) is 6.92 Å². The van der Waals surface area contributed by atoms with Crippen LogP contribution in [0.2, 0.25) is 0 Å². The van der Waals surface area contributed by atoms with E-state index in [2.05, 4.69) is 10.3 Å². The Hall–Kier alpha value is -1.71. The number of pyridine rings is 1. The van der Waals surface area contributed by atoms with E-state index in [0.717, 1.165) is 16.7 Å². The van der Waals surface area contributed by atoms with Crippen LogP contribution >= 0.6 is 11.3 Å². The number of nitrogens with zero attached hydrogens (tertiary/aromatic N) is 1. The standard InChI is InChI=1S/C15H19N3O4S2/c1-9-8-18(24(2,21)22)6-4-11(9)17-14(19)12-7-10-3-5-16-15(20)13(10)23-12/h3,5,7,9,11H,4,6,8H2,1-2H3,(H,16,20)(H,17,19). The lowest BCUT2D eigenvalue weighted by atomic mass is 9.95. The molecule has 24 heavy (non-hydrogen) atoms. The highest BCUT2D eigenvalue weighted by Crippen LogP contribution is 2.24. The second kappa shape index (κ2) is 6.30. The zero-order chi connectivity index (χ0) is 17.5. The van der Waals surface area contributed by atoms with Crippen molar-refractivity contribution in [3.8, 4) is 0 Å². The van der Waals surface area contributed by atoms with E-state index in [1.807, 2.05) is 6.92 Å². The van der Waals surface area contributed by atoms with Crippen LogP contribution in [0.4, 0.5) is 0 Å². The Bertz CT molecular complexity index is 932. The van der Waals surface area contributed by atoms with Crippen LogP contribution in [-0.2, 0) is 10.0 Å². The first-order valence-corrected chi connectivity index (χ1v) is 10.3. The molecule has 0 saturated carbocycles. The van der Waals surface area contributed by atoms with Crippen LogP contribution in [-0.4, -0.2) is 49.0 Å². The Morgan fingerprint density at radius 2 is 2.21 bits per heavy atom. The average molecular weight is 369 g/mol. The number of fused-ring (bicyclic) bond motifs is 1. The van der Waals surface area contributed by atoms with Gasteiger partial charge in [-0.25, -0.2) is 12.7 Å². The average Bonchev–Trinajstić information content (AvgIpc) is 2.94. The van der Waals surface area contributed by atoms with Gasteiger partial charge in [-0.05, 0) is 24.5 Å². The van der Waals surface area contributed by atoms with Crippen molar-refractivity contribution in [2.45, 2.75) is 19.4 Å². The number of rotatable bonds is 3. The van der Waals surface area contributed by atoms with Gasteiger partial charge in [-0.3, -0.25) is 9.59 Å². The third-order valence-corrected chi connectivity index (χ3v) is 6.74. The molecule has 2 aromatic rings. The van der Waals surface area contributed by atoms with Gasteiger partial charge >= 0.3 is 0 Å². The quantitative estimate of drug-likeness (QED) is 0.843. The van der Waals surface area contributed by atoms with E-state index in [-0.39, 0.29) is 23.4 Å². The van der Waals surface area contributed by atoms with Gasteiger partial charge in [-0.2, -0.15) is 0 Å². The summed E-state index contributed by atoms with van der Waals surface area (Å²) in [5, 5.41) is 3.72. The van der Waals surface area contributed by atoms with Crippen molar-refractivity contribution >= 4 is 37.4 Å². The molecule has 1 amide bonds. The molecular formula is C15H19N3O4S2. The summed E-state index contributed by atoms with van der Waals surface area (Å²) in [6, 6.07) is 3.39. The summed E-state index contributed by atoms with van der Waals surface area (Å²) in [4.78, 5) is 27.3. The Morgan fingerprint density at radius 3 is 2.83 bits per heavy atom. The Kier molecular flexibility index (Phi) is 4.50. The molecule has 0 spiro atoms. The summed E-state index contributed by atoms with van der Waals surface area (Å²) in [5.41, 5.74) is -0.202. The van der Waals surface area contributed by atoms with Crippen LogP contribution in [0.25, 0.3) is 10.1 Å². The molecule has 0 bridgehead atoms. The minimum atomic E-state index is -3.20. The largest absolute Gasteiger partial charge is 0.348 e. The molecule has 0 radical (unpaired) electrons. The van der Waals surface area contributed by atoms with Gasteiger partial charge < -0.3 is 10.3 Å². The summed E-state index contributed by atoms with van der Waals surface area (Å²) in [6.07, 6.45) is 3.33. The van der Waals surface area contributed by atoms with Crippen LogP contribution in [0, 0.1) is 5.92 Å². The first-order valence-electron chi connectivity index (χ1n) is 7.63. The highest BCUT2D eigenvalue weighted by Gasteiger charge is 2.31. The number of piperidine rings is 1. The maximum atomic E-state index is 12.5. The van der Waals surface area contributed by atoms with Crippen molar-refractivity contribution in [2.24, 2.45) is 5.92 Å². The highest BCUT2D eigenvalue weighted by atomic mass is 32.2. The van der Waals surface area contributed by atoms with Gasteiger partial charge in [0, 0.05) is 30.7 Å². The third kappa shape index (κ3) is 3.38. The fourth-order valence-corrected chi connectivity index (χ4v) is 4.85. The molecule has 3 rings (SSSR count). The topological polar surface area (TPSA) is 99.3 Å². The van der Waals surface area contributed by atoms with E-state index < -0.39 is 10.0 Å². The molecule has 1 saturated heterocycles. The lowest BCUT2D eigenvalue weighted by Gasteiger charge is -2.35. The van der Waals surface area contributed by atoms with Gasteiger partial charge in [0.2, 0.25) is 10.0 Å². The lowest BCUT2D eigenvalue weighted by Crippen LogP contribution is -2.51. The minimum Gasteiger partial charge on any atom is -0.348 e. The number of aromatic nitrogens is 1. The van der Waals surface area contributed by atoms with Crippen molar-refractivity contribution in [3.05, 3.63) is 33.6 Å². The smallest absolute Gasteiger partial charge is 0.265 e. The zero-order valence-electron chi connectivity index (χ0n) is 13.4. The van der Waals surface area contributed by atoms with E-state index in [4.69, 9.17) is 0 Å². The second-order valence-corrected chi connectivity index (χ2v) is 9.20. The number of aromatic amines is 1. The monoisotopic (exact) mass is 369 g/mol. The Labute approximate surface area is 143 Å². The lowest BCUT2D eigenvalue weighted by molar-refractivity contribution is 0.0905. The fourth-order valence-electron chi connectivity index (χ4n) is 2.95. The molecular weight excluding hydrogens is 350 g/mol. The Balaban J connectivity index is 1.73. The number of thiophene rings is 1. The number of carbonyl (C=O) groups is 1. The van der Waals surface area contributed by atoms with E-state index in [1.54, 1.807) is 18.3 Å². The number of amides is 1. The fraction of sp³-hybridized carbons (Fsp3) is 0.467. The van der Waals surface area contributed by atoms with Crippen LogP contribution in [0.15, 0.2) is 23.1 Å². The Morgan fingerprint density at radius 1 is 1.46 bits per heavy atom. The molecule has 0 aromatic carbocycles. The first-order chi connectivity index (χ1) is 11.3. The predicted molar refractivity (Wildman–Crippen MR) is 93.9 cm³/mol. The molecule has 1 aliphatic heterocycles. The van der Waals surface area contributed by atoms with Crippen molar-refractivity contribution in [1.82, 2.24) is 14.6 Å². The minimum absolute atomic E-state index is 0.0233. The summed E-state index contributed by atoms with van der Waals surface area (Å²) < 4.78 is 25.2. The normalized spacial score (nSPS) is 22.6. The van der Waals surface area contributed by atoms with E-state index >= 15 is 0 Å². The summed E-state index contributed by atoms with van der Waals surface area (Å²) in [5.74, 6) is -0.199. The predicted octanol–water partition coefficient (Wildman–Crippen LogP) is 0.989. The van der Waals surface area contributed by atoms with Gasteiger partial charge in [0.1, 0.15) is 4.70 Å². The summed E-state index contributed by atoms with van der Waals surface area (Å²) in [7, 11) is -3.20.